The van der Waals surface area contributed by atoms with Crippen molar-refractivity contribution in [2.24, 2.45) is 5.92 Å². The molecule has 1 heterocycles. The summed E-state index contributed by atoms with van der Waals surface area (Å²) < 4.78 is 5.31. The van der Waals surface area contributed by atoms with E-state index in [0.717, 1.165) is 19.5 Å². The minimum Gasteiger partial charge on any atom is -0.410 e. The van der Waals surface area contributed by atoms with Gasteiger partial charge < -0.3 is 15.0 Å². The highest BCUT2D eigenvalue weighted by molar-refractivity contribution is 5.69. The van der Waals surface area contributed by atoms with E-state index in [4.69, 9.17) is 4.74 Å². The number of piperidine rings is 1. The quantitative estimate of drug-likeness (QED) is 0.735. The van der Waals surface area contributed by atoms with Crippen molar-refractivity contribution in [3.05, 3.63) is 29.8 Å². The van der Waals surface area contributed by atoms with E-state index in [1.54, 1.807) is 7.05 Å². The summed E-state index contributed by atoms with van der Waals surface area (Å²) in [5.41, 5.74) is 1.40. The third-order valence-electron chi connectivity index (χ3n) is 5.80. The van der Waals surface area contributed by atoms with Crippen molar-refractivity contribution in [2.45, 2.75) is 58.3 Å². The first-order valence-electron chi connectivity index (χ1n) is 9.72. The molecule has 1 amide bonds. The van der Waals surface area contributed by atoms with Crippen LogP contribution in [0.5, 0.6) is 5.75 Å². The third-order valence-corrected chi connectivity index (χ3v) is 5.80. The first-order valence-corrected chi connectivity index (χ1v) is 9.72. The normalized spacial score (nSPS) is 24.1. The fraction of sp³-hybridized carbons (Fsp3) is 0.667. The Labute approximate surface area is 152 Å². The monoisotopic (exact) mass is 346 g/mol. The Bertz CT molecular complexity index is 561. The minimum absolute atomic E-state index is 0.127. The highest BCUT2D eigenvalue weighted by Gasteiger charge is 2.37. The Morgan fingerprint density at radius 1 is 1.36 bits per heavy atom. The van der Waals surface area contributed by atoms with E-state index in [1.807, 2.05) is 18.2 Å². The number of benzene rings is 1. The number of amides is 1. The summed E-state index contributed by atoms with van der Waals surface area (Å²) in [5, 5.41) is 2.50. The zero-order chi connectivity index (χ0) is 18.3. The van der Waals surface area contributed by atoms with Crippen LogP contribution < -0.4 is 10.1 Å². The van der Waals surface area contributed by atoms with Crippen LogP contribution in [-0.4, -0.2) is 37.7 Å². The van der Waals surface area contributed by atoms with Crippen molar-refractivity contribution in [3.63, 3.8) is 0 Å². The lowest BCUT2D eigenvalue weighted by Gasteiger charge is -2.45. The number of nitrogens with one attached hydrogen (secondary N) is 1. The van der Waals surface area contributed by atoms with Gasteiger partial charge in [-0.05, 0) is 55.0 Å². The van der Waals surface area contributed by atoms with Gasteiger partial charge in [-0.15, -0.1) is 0 Å². The maximum absolute atomic E-state index is 11.5. The number of carbonyl (C=O) groups is 1. The zero-order valence-electron chi connectivity index (χ0n) is 16.3. The molecule has 2 rings (SSSR count). The van der Waals surface area contributed by atoms with Crippen LogP contribution >= 0.6 is 0 Å². The van der Waals surface area contributed by atoms with Crippen LogP contribution in [0.2, 0.25) is 0 Å². The van der Waals surface area contributed by atoms with Gasteiger partial charge in [-0.1, -0.05) is 52.2 Å². The molecule has 25 heavy (non-hydrogen) atoms. The number of unbranched alkanes of at least 4 members (excludes halogenated alkanes) is 3. The van der Waals surface area contributed by atoms with E-state index >= 15 is 0 Å². The predicted molar refractivity (Wildman–Crippen MR) is 103 cm³/mol. The van der Waals surface area contributed by atoms with E-state index in [-0.39, 0.29) is 5.41 Å². The summed E-state index contributed by atoms with van der Waals surface area (Å²) in [4.78, 5) is 14.1. The molecule has 1 N–H and O–H groups in total. The van der Waals surface area contributed by atoms with Crippen LogP contribution in [0.1, 0.15) is 58.4 Å². The molecule has 4 heteroatoms. The highest BCUT2D eigenvalue weighted by atomic mass is 16.5. The van der Waals surface area contributed by atoms with E-state index in [1.165, 1.54) is 37.8 Å². The Hall–Kier alpha value is -1.55. The predicted octanol–water partition coefficient (Wildman–Crippen LogP) is 4.58. The topological polar surface area (TPSA) is 41.6 Å². The summed E-state index contributed by atoms with van der Waals surface area (Å²) in [5.74, 6) is 1.19. The van der Waals surface area contributed by atoms with Gasteiger partial charge in [-0.25, -0.2) is 4.79 Å². The summed E-state index contributed by atoms with van der Waals surface area (Å²) in [7, 11) is 1.58. The molecular formula is C21H34N2O2. The number of ether oxygens (including phenoxy) is 1. The lowest BCUT2D eigenvalue weighted by Crippen LogP contribution is -2.47. The molecule has 1 aromatic rings. The number of carbonyl (C=O) groups excluding carboxylic acids is 1. The Kier molecular flexibility index (Phi) is 7.30. The van der Waals surface area contributed by atoms with Crippen LogP contribution in [0.15, 0.2) is 24.3 Å². The van der Waals surface area contributed by atoms with Gasteiger partial charge in [-0.2, -0.15) is 0 Å². The van der Waals surface area contributed by atoms with Crippen molar-refractivity contribution >= 4 is 6.09 Å². The number of rotatable bonds is 7. The number of hydrogen-bond donors (Lipinski definition) is 1. The third kappa shape index (κ3) is 5.21. The van der Waals surface area contributed by atoms with Gasteiger partial charge in [-0.3, -0.25) is 0 Å². The second-order valence-corrected chi connectivity index (χ2v) is 7.60. The van der Waals surface area contributed by atoms with Gasteiger partial charge in [0.15, 0.2) is 0 Å². The maximum atomic E-state index is 11.5. The molecule has 0 saturated carbocycles. The van der Waals surface area contributed by atoms with Crippen molar-refractivity contribution < 1.29 is 9.53 Å². The molecule has 0 spiro atoms. The summed E-state index contributed by atoms with van der Waals surface area (Å²) in [6.07, 6.45) is 6.02. The molecule has 140 valence electrons. The van der Waals surface area contributed by atoms with Crippen molar-refractivity contribution in [3.8, 4) is 5.75 Å². The first-order chi connectivity index (χ1) is 12.0. The smallest absolute Gasteiger partial charge is 0.410 e. The largest absolute Gasteiger partial charge is 0.412 e. The fourth-order valence-corrected chi connectivity index (χ4v) is 3.78. The van der Waals surface area contributed by atoms with Crippen molar-refractivity contribution in [1.82, 2.24) is 10.2 Å². The standard InChI is InChI=1S/C21H34N2O2/c1-5-6-7-8-13-23-14-12-21(3,17(2)16-23)18-10-9-11-19(15-18)25-20(24)22-4/h9-11,15,17H,5-8,12-14,16H2,1-4H3,(H,22,24). The van der Waals surface area contributed by atoms with Crippen molar-refractivity contribution in [2.75, 3.05) is 26.7 Å². The number of hydrogen-bond acceptors (Lipinski definition) is 3. The van der Waals surface area contributed by atoms with Crippen LogP contribution in [0.3, 0.4) is 0 Å². The zero-order valence-corrected chi connectivity index (χ0v) is 16.3. The molecular weight excluding hydrogens is 312 g/mol. The Morgan fingerprint density at radius 3 is 2.84 bits per heavy atom. The van der Waals surface area contributed by atoms with Gasteiger partial charge in [0, 0.05) is 13.6 Å². The number of likely N-dealkylation sites (tertiary alicyclic amines) is 1. The van der Waals surface area contributed by atoms with Gasteiger partial charge in [0.2, 0.25) is 0 Å². The van der Waals surface area contributed by atoms with Gasteiger partial charge in [0.05, 0.1) is 0 Å². The minimum atomic E-state index is -0.419. The van der Waals surface area contributed by atoms with Crippen LogP contribution in [-0.2, 0) is 5.41 Å². The molecule has 1 aromatic carbocycles. The average Bonchev–Trinajstić information content (AvgIpc) is 2.62. The van der Waals surface area contributed by atoms with Gasteiger partial charge >= 0.3 is 6.09 Å². The number of nitrogens with zero attached hydrogens (tertiary/aromatic N) is 1. The Balaban J connectivity index is 1.99. The molecule has 0 radical (unpaired) electrons. The summed E-state index contributed by atoms with van der Waals surface area (Å²) >= 11 is 0. The van der Waals surface area contributed by atoms with Crippen LogP contribution in [0, 0.1) is 5.92 Å². The molecule has 2 unspecified atom stereocenters. The lowest BCUT2D eigenvalue weighted by molar-refractivity contribution is 0.109. The van der Waals surface area contributed by atoms with E-state index in [0.29, 0.717) is 11.7 Å². The SMILES string of the molecule is CCCCCCN1CCC(C)(c2cccc(OC(=O)NC)c2)C(C)C1. The van der Waals surface area contributed by atoms with E-state index in [9.17, 15) is 4.79 Å². The lowest BCUT2D eigenvalue weighted by atomic mass is 9.68. The molecule has 1 aliphatic heterocycles. The molecule has 1 saturated heterocycles. The highest BCUT2D eigenvalue weighted by Crippen LogP contribution is 2.40. The van der Waals surface area contributed by atoms with Gasteiger partial charge in [0.1, 0.15) is 5.75 Å². The molecule has 0 aliphatic carbocycles. The summed E-state index contributed by atoms with van der Waals surface area (Å²) in [6.45, 7) is 10.5. The van der Waals surface area contributed by atoms with Crippen LogP contribution in [0.4, 0.5) is 4.79 Å². The average molecular weight is 347 g/mol. The second-order valence-electron chi connectivity index (χ2n) is 7.60. The summed E-state index contributed by atoms with van der Waals surface area (Å²) in [6, 6.07) is 8.03. The van der Waals surface area contributed by atoms with Gasteiger partial charge in [0.25, 0.3) is 0 Å². The molecule has 4 nitrogen and oxygen atoms in total. The molecule has 2 atom stereocenters. The fourth-order valence-electron chi connectivity index (χ4n) is 3.78. The molecule has 0 aromatic heterocycles. The van der Waals surface area contributed by atoms with E-state index in [2.05, 4.69) is 37.1 Å². The van der Waals surface area contributed by atoms with Crippen LogP contribution in [0.25, 0.3) is 0 Å². The molecule has 0 bridgehead atoms. The maximum Gasteiger partial charge on any atom is 0.412 e. The second kappa shape index (κ2) is 9.23. The Morgan fingerprint density at radius 2 is 2.16 bits per heavy atom. The molecule has 1 fully saturated rings. The first kappa shape index (κ1) is 19.8. The molecule has 1 aliphatic rings. The van der Waals surface area contributed by atoms with Crippen molar-refractivity contribution in [1.29, 1.82) is 0 Å². The van der Waals surface area contributed by atoms with E-state index < -0.39 is 6.09 Å².